The monoisotopic (exact) mass is 277 g/mol. The predicted molar refractivity (Wildman–Crippen MR) is 75.4 cm³/mol. The van der Waals surface area contributed by atoms with Gasteiger partial charge in [0, 0.05) is 17.3 Å². The second-order valence-electron chi connectivity index (χ2n) is 4.03. The third-order valence-electron chi connectivity index (χ3n) is 2.64. The van der Waals surface area contributed by atoms with Crippen LogP contribution in [0.25, 0.3) is 0 Å². The highest BCUT2D eigenvalue weighted by molar-refractivity contribution is 7.09. The SMILES string of the molecule is COc1ccc(N)cc1C(=O)NC(C)c1nccs1. The molecule has 0 saturated carbocycles. The van der Waals surface area contributed by atoms with Gasteiger partial charge < -0.3 is 15.8 Å². The van der Waals surface area contributed by atoms with Crippen molar-refractivity contribution in [3.63, 3.8) is 0 Å². The quantitative estimate of drug-likeness (QED) is 0.840. The van der Waals surface area contributed by atoms with Crippen molar-refractivity contribution in [1.82, 2.24) is 10.3 Å². The van der Waals surface area contributed by atoms with Crippen LogP contribution in [0.15, 0.2) is 29.8 Å². The summed E-state index contributed by atoms with van der Waals surface area (Å²) in [5, 5.41) is 5.61. The Hall–Kier alpha value is -2.08. The van der Waals surface area contributed by atoms with Crippen molar-refractivity contribution in [1.29, 1.82) is 0 Å². The van der Waals surface area contributed by atoms with Gasteiger partial charge in [-0.15, -0.1) is 11.3 Å². The van der Waals surface area contributed by atoms with Crippen molar-refractivity contribution < 1.29 is 9.53 Å². The number of carbonyl (C=O) groups is 1. The number of hydrogen-bond acceptors (Lipinski definition) is 5. The third kappa shape index (κ3) is 3.03. The fourth-order valence-corrected chi connectivity index (χ4v) is 2.33. The molecule has 5 nitrogen and oxygen atoms in total. The molecule has 0 saturated heterocycles. The van der Waals surface area contributed by atoms with Gasteiger partial charge in [0.15, 0.2) is 0 Å². The first-order chi connectivity index (χ1) is 9.11. The van der Waals surface area contributed by atoms with E-state index < -0.39 is 0 Å². The summed E-state index contributed by atoms with van der Waals surface area (Å²) in [5.41, 5.74) is 6.64. The van der Waals surface area contributed by atoms with Crippen molar-refractivity contribution >= 4 is 22.9 Å². The maximum Gasteiger partial charge on any atom is 0.255 e. The predicted octanol–water partition coefficient (Wildman–Crippen LogP) is 2.22. The first-order valence-electron chi connectivity index (χ1n) is 5.75. The van der Waals surface area contributed by atoms with Crippen LogP contribution in [0.3, 0.4) is 0 Å². The van der Waals surface area contributed by atoms with Crippen LogP contribution in [0.2, 0.25) is 0 Å². The van der Waals surface area contributed by atoms with Crippen molar-refractivity contribution in [2.75, 3.05) is 12.8 Å². The zero-order valence-electron chi connectivity index (χ0n) is 10.7. The number of anilines is 1. The van der Waals surface area contributed by atoms with Gasteiger partial charge in [-0.25, -0.2) is 4.98 Å². The van der Waals surface area contributed by atoms with Gasteiger partial charge in [-0.3, -0.25) is 4.79 Å². The van der Waals surface area contributed by atoms with E-state index in [1.54, 1.807) is 24.4 Å². The second kappa shape index (κ2) is 5.71. The molecule has 19 heavy (non-hydrogen) atoms. The van der Waals surface area contributed by atoms with Crippen LogP contribution in [0.4, 0.5) is 5.69 Å². The van der Waals surface area contributed by atoms with Crippen LogP contribution in [0.1, 0.15) is 28.3 Å². The number of nitrogens with one attached hydrogen (secondary N) is 1. The number of nitrogens with two attached hydrogens (primary N) is 1. The number of hydrogen-bond donors (Lipinski definition) is 2. The number of methoxy groups -OCH3 is 1. The molecule has 3 N–H and O–H groups in total. The van der Waals surface area contributed by atoms with E-state index in [2.05, 4.69) is 10.3 Å². The number of benzene rings is 1. The minimum atomic E-state index is -0.230. The van der Waals surface area contributed by atoms with Crippen LogP contribution >= 0.6 is 11.3 Å². The van der Waals surface area contributed by atoms with E-state index in [4.69, 9.17) is 10.5 Å². The Morgan fingerprint density at radius 1 is 1.53 bits per heavy atom. The summed E-state index contributed by atoms with van der Waals surface area (Å²) in [7, 11) is 1.52. The van der Waals surface area contributed by atoms with Gasteiger partial charge >= 0.3 is 0 Å². The van der Waals surface area contributed by atoms with Crippen LogP contribution in [-0.2, 0) is 0 Å². The van der Waals surface area contributed by atoms with Crippen molar-refractivity contribution in [2.24, 2.45) is 0 Å². The molecule has 0 aliphatic heterocycles. The van der Waals surface area contributed by atoms with Crippen LogP contribution in [0, 0.1) is 0 Å². The Balaban J connectivity index is 2.18. The lowest BCUT2D eigenvalue weighted by atomic mass is 10.1. The zero-order valence-corrected chi connectivity index (χ0v) is 11.5. The number of ether oxygens (including phenoxy) is 1. The van der Waals surface area contributed by atoms with Gasteiger partial charge in [0.1, 0.15) is 10.8 Å². The number of amides is 1. The molecule has 1 amide bonds. The molecule has 6 heteroatoms. The van der Waals surface area contributed by atoms with Crippen molar-refractivity contribution in [3.8, 4) is 5.75 Å². The fraction of sp³-hybridized carbons (Fsp3) is 0.231. The fourth-order valence-electron chi connectivity index (χ4n) is 1.69. The van der Waals surface area contributed by atoms with E-state index in [0.29, 0.717) is 17.0 Å². The lowest BCUT2D eigenvalue weighted by Crippen LogP contribution is -2.27. The maximum atomic E-state index is 12.2. The van der Waals surface area contributed by atoms with E-state index in [9.17, 15) is 4.79 Å². The minimum Gasteiger partial charge on any atom is -0.496 e. The van der Waals surface area contributed by atoms with E-state index >= 15 is 0 Å². The molecular weight excluding hydrogens is 262 g/mol. The molecule has 1 aromatic carbocycles. The van der Waals surface area contributed by atoms with E-state index in [-0.39, 0.29) is 11.9 Å². The molecule has 1 unspecified atom stereocenters. The summed E-state index contributed by atoms with van der Waals surface area (Å²) >= 11 is 1.50. The summed E-state index contributed by atoms with van der Waals surface area (Å²) in [6.45, 7) is 1.88. The van der Waals surface area contributed by atoms with E-state index in [0.717, 1.165) is 5.01 Å². The number of thiazole rings is 1. The number of nitrogens with zero attached hydrogens (tertiary/aromatic N) is 1. The third-order valence-corrected chi connectivity index (χ3v) is 3.60. The molecule has 0 aliphatic carbocycles. The average molecular weight is 277 g/mol. The minimum absolute atomic E-state index is 0.154. The highest BCUT2D eigenvalue weighted by Crippen LogP contribution is 2.22. The number of aromatic nitrogens is 1. The Bertz CT molecular complexity index is 569. The van der Waals surface area contributed by atoms with Crippen molar-refractivity contribution in [3.05, 3.63) is 40.3 Å². The van der Waals surface area contributed by atoms with Gasteiger partial charge in [0.05, 0.1) is 18.7 Å². The molecule has 0 spiro atoms. The van der Waals surface area contributed by atoms with Gasteiger partial charge in [-0.1, -0.05) is 0 Å². The van der Waals surface area contributed by atoms with Gasteiger partial charge in [-0.2, -0.15) is 0 Å². The number of carbonyl (C=O) groups excluding carboxylic acids is 1. The molecule has 2 aromatic rings. The Morgan fingerprint density at radius 3 is 2.95 bits per heavy atom. The molecule has 1 atom stereocenters. The molecule has 0 radical (unpaired) electrons. The molecule has 2 rings (SSSR count). The summed E-state index contributed by atoms with van der Waals surface area (Å²) < 4.78 is 5.16. The summed E-state index contributed by atoms with van der Waals surface area (Å²) in [6, 6.07) is 4.82. The number of rotatable bonds is 4. The van der Waals surface area contributed by atoms with Gasteiger partial charge in [0.2, 0.25) is 0 Å². The molecule has 1 heterocycles. The molecule has 0 bridgehead atoms. The first-order valence-corrected chi connectivity index (χ1v) is 6.63. The summed E-state index contributed by atoms with van der Waals surface area (Å²) in [6.07, 6.45) is 1.71. The van der Waals surface area contributed by atoms with Crippen LogP contribution in [0.5, 0.6) is 5.75 Å². The normalized spacial score (nSPS) is 11.9. The van der Waals surface area contributed by atoms with E-state index in [1.165, 1.54) is 18.4 Å². The molecule has 100 valence electrons. The molecular formula is C13H15N3O2S. The Labute approximate surface area is 115 Å². The Morgan fingerprint density at radius 2 is 2.32 bits per heavy atom. The highest BCUT2D eigenvalue weighted by atomic mass is 32.1. The van der Waals surface area contributed by atoms with E-state index in [1.807, 2.05) is 12.3 Å². The Kier molecular flexibility index (Phi) is 4.01. The average Bonchev–Trinajstić information content (AvgIpc) is 2.92. The smallest absolute Gasteiger partial charge is 0.255 e. The summed E-state index contributed by atoms with van der Waals surface area (Å²) in [5.74, 6) is 0.268. The van der Waals surface area contributed by atoms with Gasteiger partial charge in [-0.05, 0) is 25.1 Å². The molecule has 1 aromatic heterocycles. The lowest BCUT2D eigenvalue weighted by molar-refractivity contribution is 0.0937. The standard InChI is InChI=1S/C13H15N3O2S/c1-8(13-15-5-6-19-13)16-12(17)10-7-9(14)3-4-11(10)18-2/h3-8H,14H2,1-2H3,(H,16,17). The second-order valence-corrected chi connectivity index (χ2v) is 4.95. The molecule has 0 aliphatic rings. The topological polar surface area (TPSA) is 77.2 Å². The van der Waals surface area contributed by atoms with Gasteiger partial charge in [0.25, 0.3) is 5.91 Å². The van der Waals surface area contributed by atoms with Crippen molar-refractivity contribution in [2.45, 2.75) is 13.0 Å². The lowest BCUT2D eigenvalue weighted by Gasteiger charge is -2.13. The summed E-state index contributed by atoms with van der Waals surface area (Å²) in [4.78, 5) is 16.4. The highest BCUT2D eigenvalue weighted by Gasteiger charge is 2.17. The first kappa shape index (κ1) is 13.4. The largest absolute Gasteiger partial charge is 0.496 e. The van der Waals surface area contributed by atoms with Crippen LogP contribution in [-0.4, -0.2) is 18.0 Å². The maximum absolute atomic E-state index is 12.2. The zero-order chi connectivity index (χ0) is 13.8. The van der Waals surface area contributed by atoms with Crippen LogP contribution < -0.4 is 15.8 Å². The number of nitrogen functional groups attached to an aromatic ring is 1. The molecule has 0 fully saturated rings.